The molecule has 3 aromatic rings. The number of hydrogen-bond donors (Lipinski definition) is 1. The van der Waals surface area contributed by atoms with Gasteiger partial charge in [0, 0.05) is 11.6 Å². The van der Waals surface area contributed by atoms with Crippen molar-refractivity contribution in [2.75, 3.05) is 0 Å². The molecule has 25 heavy (non-hydrogen) atoms. The Labute approximate surface area is 146 Å². The fraction of sp³-hybridized carbons (Fsp3) is 0.250. The Kier molecular flexibility index (Phi) is 4.65. The molecule has 2 aromatic carbocycles. The SMILES string of the molecule is Cc1cccc(C(=O)N(Cc2nc3ccccc3c(=O)[nH]2)C(C)C)c1. The molecule has 0 radical (unpaired) electrons. The van der Waals surface area contributed by atoms with Crippen LogP contribution in [0.25, 0.3) is 10.9 Å². The number of rotatable bonds is 4. The van der Waals surface area contributed by atoms with Crippen molar-refractivity contribution in [3.05, 3.63) is 75.8 Å². The number of carbonyl (C=O) groups is 1. The van der Waals surface area contributed by atoms with Gasteiger partial charge < -0.3 is 9.88 Å². The molecule has 5 heteroatoms. The minimum atomic E-state index is -0.188. The van der Waals surface area contributed by atoms with Gasteiger partial charge in [0.1, 0.15) is 5.82 Å². The van der Waals surface area contributed by atoms with E-state index in [0.29, 0.717) is 22.3 Å². The maximum Gasteiger partial charge on any atom is 0.258 e. The van der Waals surface area contributed by atoms with Crippen LogP contribution in [0.3, 0.4) is 0 Å². The van der Waals surface area contributed by atoms with Gasteiger partial charge in [-0.05, 0) is 45.0 Å². The first-order valence-electron chi connectivity index (χ1n) is 8.31. The number of amides is 1. The second kappa shape index (κ2) is 6.89. The van der Waals surface area contributed by atoms with E-state index in [1.165, 1.54) is 0 Å². The van der Waals surface area contributed by atoms with Gasteiger partial charge in [-0.15, -0.1) is 0 Å². The van der Waals surface area contributed by atoms with Crippen LogP contribution in [0.5, 0.6) is 0 Å². The lowest BCUT2D eigenvalue weighted by Crippen LogP contribution is -2.37. The molecule has 0 unspecified atom stereocenters. The Balaban J connectivity index is 1.95. The van der Waals surface area contributed by atoms with Crippen molar-refractivity contribution in [3.63, 3.8) is 0 Å². The van der Waals surface area contributed by atoms with E-state index >= 15 is 0 Å². The number of fused-ring (bicyclic) bond motifs is 1. The molecule has 0 fully saturated rings. The molecular formula is C20H21N3O2. The predicted octanol–water partition coefficient (Wildman–Crippen LogP) is 3.28. The van der Waals surface area contributed by atoms with Crippen LogP contribution < -0.4 is 5.56 Å². The molecule has 0 aliphatic heterocycles. The summed E-state index contributed by atoms with van der Waals surface area (Å²) in [7, 11) is 0. The van der Waals surface area contributed by atoms with E-state index in [0.717, 1.165) is 5.56 Å². The van der Waals surface area contributed by atoms with Gasteiger partial charge in [0.05, 0.1) is 17.4 Å². The van der Waals surface area contributed by atoms with Crippen molar-refractivity contribution in [2.45, 2.75) is 33.4 Å². The number of aryl methyl sites for hydroxylation is 1. The Hall–Kier alpha value is -2.95. The van der Waals surface area contributed by atoms with Gasteiger partial charge in [0.15, 0.2) is 0 Å². The van der Waals surface area contributed by atoms with E-state index in [9.17, 15) is 9.59 Å². The molecule has 0 atom stereocenters. The number of nitrogens with one attached hydrogen (secondary N) is 1. The summed E-state index contributed by atoms with van der Waals surface area (Å²) in [4.78, 5) is 34.1. The van der Waals surface area contributed by atoms with E-state index in [-0.39, 0.29) is 24.1 Å². The molecule has 5 nitrogen and oxygen atoms in total. The minimum Gasteiger partial charge on any atom is -0.329 e. The first-order valence-corrected chi connectivity index (χ1v) is 8.31. The van der Waals surface area contributed by atoms with E-state index < -0.39 is 0 Å². The van der Waals surface area contributed by atoms with Crippen LogP contribution >= 0.6 is 0 Å². The van der Waals surface area contributed by atoms with Gasteiger partial charge in [-0.3, -0.25) is 9.59 Å². The summed E-state index contributed by atoms with van der Waals surface area (Å²) in [5, 5.41) is 0.548. The number of H-pyrrole nitrogens is 1. The Bertz CT molecular complexity index is 976. The fourth-order valence-corrected chi connectivity index (χ4v) is 2.80. The molecule has 128 valence electrons. The molecule has 0 aliphatic rings. The Morgan fingerprint density at radius 3 is 2.64 bits per heavy atom. The van der Waals surface area contributed by atoms with Crippen molar-refractivity contribution < 1.29 is 4.79 Å². The highest BCUT2D eigenvalue weighted by Crippen LogP contribution is 2.14. The third-order valence-electron chi connectivity index (χ3n) is 4.13. The van der Waals surface area contributed by atoms with Gasteiger partial charge in [-0.25, -0.2) is 4.98 Å². The molecule has 1 aromatic heterocycles. The summed E-state index contributed by atoms with van der Waals surface area (Å²) in [5.41, 5.74) is 2.11. The standard InChI is InChI=1S/C20H21N3O2/c1-13(2)23(20(25)15-8-6-7-14(3)11-15)12-18-21-17-10-5-4-9-16(17)19(24)22-18/h4-11,13H,12H2,1-3H3,(H,21,22,24). The van der Waals surface area contributed by atoms with Crippen LogP contribution in [0.1, 0.15) is 35.6 Å². The summed E-state index contributed by atoms with van der Waals surface area (Å²) in [6, 6.07) is 14.7. The third kappa shape index (κ3) is 3.60. The lowest BCUT2D eigenvalue weighted by atomic mass is 10.1. The van der Waals surface area contributed by atoms with Crippen molar-refractivity contribution in [3.8, 4) is 0 Å². The molecule has 0 aliphatic carbocycles. The van der Waals surface area contributed by atoms with Gasteiger partial charge in [-0.1, -0.05) is 29.8 Å². The summed E-state index contributed by atoms with van der Waals surface area (Å²) < 4.78 is 0. The summed E-state index contributed by atoms with van der Waals surface area (Å²) in [6.07, 6.45) is 0. The molecule has 3 rings (SSSR count). The molecule has 0 spiro atoms. The molecule has 1 N–H and O–H groups in total. The number of nitrogens with zero attached hydrogens (tertiary/aromatic N) is 2. The molecule has 1 amide bonds. The van der Waals surface area contributed by atoms with E-state index in [1.807, 2.05) is 45.0 Å². The number of aromatic amines is 1. The zero-order valence-corrected chi connectivity index (χ0v) is 14.6. The predicted molar refractivity (Wildman–Crippen MR) is 98.6 cm³/mol. The first-order chi connectivity index (χ1) is 12.0. The monoisotopic (exact) mass is 335 g/mol. The highest BCUT2D eigenvalue weighted by molar-refractivity contribution is 5.94. The number of para-hydroxylation sites is 1. The third-order valence-corrected chi connectivity index (χ3v) is 4.13. The highest BCUT2D eigenvalue weighted by Gasteiger charge is 2.20. The Morgan fingerprint density at radius 1 is 1.16 bits per heavy atom. The van der Waals surface area contributed by atoms with Crippen LogP contribution in [0.2, 0.25) is 0 Å². The van der Waals surface area contributed by atoms with Crippen LogP contribution in [-0.4, -0.2) is 26.8 Å². The number of benzene rings is 2. The number of hydrogen-bond acceptors (Lipinski definition) is 3. The lowest BCUT2D eigenvalue weighted by Gasteiger charge is -2.26. The average molecular weight is 335 g/mol. The van der Waals surface area contributed by atoms with Crippen molar-refractivity contribution >= 4 is 16.8 Å². The molecule has 0 saturated carbocycles. The Morgan fingerprint density at radius 2 is 1.92 bits per heavy atom. The molecule has 0 saturated heterocycles. The summed E-state index contributed by atoms with van der Waals surface area (Å²) >= 11 is 0. The topological polar surface area (TPSA) is 66.1 Å². The zero-order valence-electron chi connectivity index (χ0n) is 14.6. The smallest absolute Gasteiger partial charge is 0.258 e. The van der Waals surface area contributed by atoms with Crippen LogP contribution in [0.15, 0.2) is 53.3 Å². The van der Waals surface area contributed by atoms with Crippen LogP contribution in [0.4, 0.5) is 0 Å². The lowest BCUT2D eigenvalue weighted by molar-refractivity contribution is 0.0685. The maximum atomic E-state index is 12.9. The van der Waals surface area contributed by atoms with Crippen LogP contribution in [-0.2, 0) is 6.54 Å². The molecular weight excluding hydrogens is 314 g/mol. The second-order valence-corrected chi connectivity index (χ2v) is 6.43. The van der Waals surface area contributed by atoms with Gasteiger partial charge in [0.25, 0.3) is 11.5 Å². The highest BCUT2D eigenvalue weighted by atomic mass is 16.2. The molecule has 0 bridgehead atoms. The van der Waals surface area contributed by atoms with Crippen LogP contribution in [0, 0.1) is 6.92 Å². The van der Waals surface area contributed by atoms with E-state index in [2.05, 4.69) is 9.97 Å². The van der Waals surface area contributed by atoms with Gasteiger partial charge >= 0.3 is 0 Å². The number of carbonyl (C=O) groups excluding carboxylic acids is 1. The number of aromatic nitrogens is 2. The average Bonchev–Trinajstić information content (AvgIpc) is 2.59. The summed E-state index contributed by atoms with van der Waals surface area (Å²) in [5.74, 6) is 0.410. The largest absolute Gasteiger partial charge is 0.329 e. The van der Waals surface area contributed by atoms with Gasteiger partial charge in [0.2, 0.25) is 0 Å². The minimum absolute atomic E-state index is 0.0233. The van der Waals surface area contributed by atoms with Gasteiger partial charge in [-0.2, -0.15) is 0 Å². The van der Waals surface area contributed by atoms with Crippen molar-refractivity contribution in [1.82, 2.24) is 14.9 Å². The molecule has 1 heterocycles. The fourth-order valence-electron chi connectivity index (χ4n) is 2.80. The van der Waals surface area contributed by atoms with E-state index in [4.69, 9.17) is 0 Å². The quantitative estimate of drug-likeness (QED) is 0.796. The zero-order chi connectivity index (χ0) is 18.0. The summed E-state index contributed by atoms with van der Waals surface area (Å²) in [6.45, 7) is 6.11. The van der Waals surface area contributed by atoms with Crippen molar-refractivity contribution in [2.24, 2.45) is 0 Å². The van der Waals surface area contributed by atoms with E-state index in [1.54, 1.807) is 29.2 Å². The van der Waals surface area contributed by atoms with Crippen molar-refractivity contribution in [1.29, 1.82) is 0 Å². The maximum absolute atomic E-state index is 12.9. The second-order valence-electron chi connectivity index (χ2n) is 6.43. The normalized spacial score (nSPS) is 11.0. The first kappa shape index (κ1) is 16.9.